The summed E-state index contributed by atoms with van der Waals surface area (Å²) in [5, 5.41) is 5.26. The molecule has 0 atom stereocenters. The lowest BCUT2D eigenvalue weighted by Gasteiger charge is -2.09. The fourth-order valence-corrected chi connectivity index (χ4v) is 3.93. The summed E-state index contributed by atoms with van der Waals surface area (Å²) >= 11 is 6.11. The fourth-order valence-electron chi connectivity index (χ4n) is 3.80. The molecule has 0 fully saturated rings. The molecule has 5 aromatic rings. The van der Waals surface area contributed by atoms with Crippen molar-refractivity contribution in [2.45, 2.75) is 6.42 Å². The molecule has 0 saturated carbocycles. The van der Waals surface area contributed by atoms with Crippen molar-refractivity contribution >= 4 is 28.5 Å². The number of hydrogen-bond donors (Lipinski definition) is 1. The van der Waals surface area contributed by atoms with E-state index in [2.05, 4.69) is 62.4 Å². The van der Waals surface area contributed by atoms with Crippen LogP contribution in [0.4, 0.5) is 5.82 Å². The SMILES string of the molecule is Clc1ccc(-n2cc(-c3ccccc3)c3c(NCCc4ccccc4)ncnc32)cc1. The molecule has 152 valence electrons. The molecule has 0 saturated heterocycles. The van der Waals surface area contributed by atoms with Gasteiger partial charge in [0.1, 0.15) is 12.1 Å². The summed E-state index contributed by atoms with van der Waals surface area (Å²) in [6.45, 7) is 0.788. The zero-order valence-corrected chi connectivity index (χ0v) is 17.6. The highest BCUT2D eigenvalue weighted by molar-refractivity contribution is 6.30. The number of hydrogen-bond acceptors (Lipinski definition) is 3. The van der Waals surface area contributed by atoms with Crippen molar-refractivity contribution in [2.75, 3.05) is 11.9 Å². The molecule has 5 heteroatoms. The number of fused-ring (bicyclic) bond motifs is 1. The minimum atomic E-state index is 0.710. The maximum absolute atomic E-state index is 6.11. The molecule has 0 bridgehead atoms. The van der Waals surface area contributed by atoms with Gasteiger partial charge in [0.25, 0.3) is 0 Å². The van der Waals surface area contributed by atoms with E-state index in [0.29, 0.717) is 5.02 Å². The van der Waals surface area contributed by atoms with Gasteiger partial charge >= 0.3 is 0 Å². The first-order chi connectivity index (χ1) is 15.3. The van der Waals surface area contributed by atoms with Gasteiger partial charge in [0.2, 0.25) is 0 Å². The normalized spacial score (nSPS) is 11.0. The van der Waals surface area contributed by atoms with Gasteiger partial charge in [0.05, 0.1) is 5.39 Å². The molecule has 0 aliphatic heterocycles. The van der Waals surface area contributed by atoms with Crippen LogP contribution in [0.15, 0.2) is 97.5 Å². The third-order valence-electron chi connectivity index (χ3n) is 5.32. The van der Waals surface area contributed by atoms with E-state index in [4.69, 9.17) is 11.6 Å². The van der Waals surface area contributed by atoms with Crippen LogP contribution in [0.5, 0.6) is 0 Å². The molecule has 5 rings (SSSR count). The van der Waals surface area contributed by atoms with Crippen LogP contribution in [0.1, 0.15) is 5.56 Å². The quantitative estimate of drug-likeness (QED) is 0.343. The van der Waals surface area contributed by atoms with Gasteiger partial charge in [-0.05, 0) is 41.8 Å². The Labute approximate surface area is 186 Å². The van der Waals surface area contributed by atoms with E-state index in [1.807, 2.05) is 48.5 Å². The molecule has 3 aromatic carbocycles. The first kappa shape index (κ1) is 19.3. The summed E-state index contributed by atoms with van der Waals surface area (Å²) in [5.41, 5.74) is 5.38. The molecule has 0 unspecified atom stereocenters. The number of halogens is 1. The first-order valence-corrected chi connectivity index (χ1v) is 10.6. The number of benzene rings is 3. The molecule has 31 heavy (non-hydrogen) atoms. The molecule has 0 amide bonds. The van der Waals surface area contributed by atoms with E-state index in [-0.39, 0.29) is 0 Å². The monoisotopic (exact) mass is 424 g/mol. The van der Waals surface area contributed by atoms with Gasteiger partial charge in [0.15, 0.2) is 5.65 Å². The van der Waals surface area contributed by atoms with E-state index >= 15 is 0 Å². The second kappa shape index (κ2) is 8.62. The smallest absolute Gasteiger partial charge is 0.150 e. The standard InChI is InChI=1S/C26H21ClN4/c27-21-11-13-22(14-12-21)31-17-23(20-9-5-2-6-10-20)24-25(29-18-30-26(24)31)28-16-15-19-7-3-1-4-8-19/h1-14,17-18H,15-16H2,(H,28,29,30). The van der Waals surface area contributed by atoms with Gasteiger partial charge in [-0.2, -0.15) is 0 Å². The molecule has 0 radical (unpaired) electrons. The number of anilines is 1. The summed E-state index contributed by atoms with van der Waals surface area (Å²) in [6.07, 6.45) is 4.67. The molecular weight excluding hydrogens is 404 g/mol. The molecule has 2 aromatic heterocycles. The average molecular weight is 425 g/mol. The van der Waals surface area contributed by atoms with E-state index < -0.39 is 0 Å². The van der Waals surface area contributed by atoms with E-state index in [0.717, 1.165) is 46.6 Å². The van der Waals surface area contributed by atoms with Crippen molar-refractivity contribution < 1.29 is 0 Å². The predicted octanol–water partition coefficient (Wildman–Crippen LogP) is 6.40. The van der Waals surface area contributed by atoms with Gasteiger partial charge in [-0.25, -0.2) is 9.97 Å². The third kappa shape index (κ3) is 4.03. The minimum absolute atomic E-state index is 0.710. The number of nitrogens with one attached hydrogen (secondary N) is 1. The van der Waals surface area contributed by atoms with E-state index in [1.54, 1.807) is 6.33 Å². The van der Waals surface area contributed by atoms with Crippen molar-refractivity contribution in [3.8, 4) is 16.8 Å². The Morgan fingerprint density at radius 1 is 0.806 bits per heavy atom. The highest BCUT2D eigenvalue weighted by atomic mass is 35.5. The van der Waals surface area contributed by atoms with Crippen molar-refractivity contribution in [3.63, 3.8) is 0 Å². The highest BCUT2D eigenvalue weighted by Gasteiger charge is 2.17. The van der Waals surface area contributed by atoms with Crippen LogP contribution >= 0.6 is 11.6 Å². The molecular formula is C26H21ClN4. The van der Waals surface area contributed by atoms with Crippen LogP contribution in [-0.2, 0) is 6.42 Å². The Bertz CT molecular complexity index is 1300. The van der Waals surface area contributed by atoms with Crippen molar-refractivity contribution in [1.29, 1.82) is 0 Å². The first-order valence-electron chi connectivity index (χ1n) is 10.2. The molecule has 0 spiro atoms. The minimum Gasteiger partial charge on any atom is -0.369 e. The van der Waals surface area contributed by atoms with Crippen molar-refractivity contribution in [1.82, 2.24) is 14.5 Å². The van der Waals surface area contributed by atoms with Crippen LogP contribution in [0.25, 0.3) is 27.8 Å². The lowest BCUT2D eigenvalue weighted by Crippen LogP contribution is -2.07. The summed E-state index contributed by atoms with van der Waals surface area (Å²) in [7, 11) is 0. The van der Waals surface area contributed by atoms with Gasteiger partial charge in [-0.15, -0.1) is 0 Å². The molecule has 0 aliphatic carbocycles. The molecule has 4 nitrogen and oxygen atoms in total. The number of rotatable bonds is 6. The van der Waals surface area contributed by atoms with Gasteiger partial charge in [-0.3, -0.25) is 0 Å². The average Bonchev–Trinajstić information content (AvgIpc) is 3.21. The summed E-state index contributed by atoms with van der Waals surface area (Å²) in [5.74, 6) is 0.840. The van der Waals surface area contributed by atoms with Crippen molar-refractivity contribution in [2.24, 2.45) is 0 Å². The van der Waals surface area contributed by atoms with Gasteiger partial charge in [0, 0.05) is 29.0 Å². The largest absolute Gasteiger partial charge is 0.369 e. The molecule has 1 N–H and O–H groups in total. The maximum Gasteiger partial charge on any atom is 0.150 e. The zero-order chi connectivity index (χ0) is 21.0. The third-order valence-corrected chi connectivity index (χ3v) is 5.57. The highest BCUT2D eigenvalue weighted by Crippen LogP contribution is 2.35. The van der Waals surface area contributed by atoms with Gasteiger partial charge in [-0.1, -0.05) is 72.3 Å². The Morgan fingerprint density at radius 2 is 1.52 bits per heavy atom. The van der Waals surface area contributed by atoms with E-state index in [1.165, 1.54) is 5.56 Å². The number of nitrogens with zero attached hydrogens (tertiary/aromatic N) is 3. The fraction of sp³-hybridized carbons (Fsp3) is 0.0769. The Balaban J connectivity index is 1.58. The topological polar surface area (TPSA) is 42.7 Å². The molecule has 2 heterocycles. The summed E-state index contributed by atoms with van der Waals surface area (Å²) < 4.78 is 2.10. The Hall–Kier alpha value is -3.63. The van der Waals surface area contributed by atoms with Gasteiger partial charge < -0.3 is 9.88 Å². The van der Waals surface area contributed by atoms with Crippen LogP contribution < -0.4 is 5.32 Å². The van der Waals surface area contributed by atoms with Crippen LogP contribution in [0.2, 0.25) is 5.02 Å². The second-order valence-electron chi connectivity index (χ2n) is 7.34. The zero-order valence-electron chi connectivity index (χ0n) is 16.9. The lowest BCUT2D eigenvalue weighted by atomic mass is 10.1. The maximum atomic E-state index is 6.11. The second-order valence-corrected chi connectivity index (χ2v) is 7.77. The molecule has 0 aliphatic rings. The Kier molecular flexibility index (Phi) is 5.38. The van der Waals surface area contributed by atoms with Crippen molar-refractivity contribution in [3.05, 3.63) is 108 Å². The number of aromatic nitrogens is 3. The van der Waals surface area contributed by atoms with Crippen LogP contribution in [0, 0.1) is 0 Å². The van der Waals surface area contributed by atoms with E-state index in [9.17, 15) is 0 Å². The predicted molar refractivity (Wildman–Crippen MR) is 128 cm³/mol. The van der Waals surface area contributed by atoms with Crippen LogP contribution in [0.3, 0.4) is 0 Å². The summed E-state index contributed by atoms with van der Waals surface area (Å²) in [6, 6.07) is 28.6. The lowest BCUT2D eigenvalue weighted by molar-refractivity contribution is 1.00. The Morgan fingerprint density at radius 3 is 2.26 bits per heavy atom. The van der Waals surface area contributed by atoms with Crippen LogP contribution in [-0.4, -0.2) is 21.1 Å². The summed E-state index contributed by atoms with van der Waals surface area (Å²) in [4.78, 5) is 9.22.